The van der Waals surface area contributed by atoms with E-state index in [9.17, 15) is 0 Å². The van der Waals surface area contributed by atoms with Gasteiger partial charge in [0.2, 0.25) is 0 Å². The second-order valence-electron chi connectivity index (χ2n) is 4.33. The summed E-state index contributed by atoms with van der Waals surface area (Å²) in [5, 5.41) is 3.06. The lowest BCUT2D eigenvalue weighted by molar-refractivity contribution is 0.171. The zero-order chi connectivity index (χ0) is 13.2. The number of hydrogen-bond acceptors (Lipinski definition) is 5. The highest BCUT2D eigenvalue weighted by Gasteiger charge is 2.13. The largest absolute Gasteiger partial charge is 0.486 e. The Morgan fingerprint density at radius 3 is 2.74 bits per heavy atom. The first-order valence-electron chi connectivity index (χ1n) is 6.19. The highest BCUT2D eigenvalue weighted by molar-refractivity contribution is 5.63. The van der Waals surface area contributed by atoms with Gasteiger partial charge in [-0.05, 0) is 25.1 Å². The fraction of sp³-hybridized carbons (Fsp3) is 0.286. The fourth-order valence-corrected chi connectivity index (χ4v) is 2.02. The van der Waals surface area contributed by atoms with E-state index in [0.717, 1.165) is 28.4 Å². The van der Waals surface area contributed by atoms with Gasteiger partial charge < -0.3 is 14.8 Å². The average molecular weight is 257 g/mol. The lowest BCUT2D eigenvalue weighted by atomic mass is 10.1. The number of aryl methyl sites for hydroxylation is 1. The minimum absolute atomic E-state index is 0.576. The Morgan fingerprint density at radius 1 is 1.16 bits per heavy atom. The van der Waals surface area contributed by atoms with Crippen LogP contribution in [-0.2, 0) is 0 Å². The van der Waals surface area contributed by atoms with Gasteiger partial charge in [-0.15, -0.1) is 0 Å². The monoisotopic (exact) mass is 257 g/mol. The maximum Gasteiger partial charge on any atom is 0.162 e. The first-order valence-corrected chi connectivity index (χ1v) is 6.19. The van der Waals surface area contributed by atoms with E-state index in [1.165, 1.54) is 0 Å². The molecule has 2 heterocycles. The first kappa shape index (κ1) is 11.8. The van der Waals surface area contributed by atoms with Gasteiger partial charge in [0, 0.05) is 24.4 Å². The standard InChI is InChI=1S/C14H15N3O2/c1-9-8-16-14(17-13(9)15-2)10-3-4-11-12(7-10)19-6-5-18-11/h3-4,7-8H,5-6H2,1-2H3,(H,15,16,17). The summed E-state index contributed by atoms with van der Waals surface area (Å²) in [5.74, 6) is 3.03. The molecule has 1 aliphatic rings. The van der Waals surface area contributed by atoms with Crippen molar-refractivity contribution in [1.29, 1.82) is 0 Å². The van der Waals surface area contributed by atoms with E-state index < -0.39 is 0 Å². The fourth-order valence-electron chi connectivity index (χ4n) is 2.02. The Hall–Kier alpha value is -2.30. The number of ether oxygens (including phenoxy) is 2. The second kappa shape index (κ2) is 4.76. The molecule has 0 fully saturated rings. The molecule has 1 aliphatic heterocycles. The SMILES string of the molecule is CNc1nc(-c2ccc3c(c2)OCCO3)ncc1C. The van der Waals surface area contributed by atoms with Gasteiger partial charge in [0.05, 0.1) is 0 Å². The van der Waals surface area contributed by atoms with E-state index in [0.29, 0.717) is 19.0 Å². The molecule has 0 bridgehead atoms. The molecular weight excluding hydrogens is 242 g/mol. The predicted octanol–water partition coefficient (Wildman–Crippen LogP) is 2.26. The van der Waals surface area contributed by atoms with Crippen LogP contribution in [0.5, 0.6) is 11.5 Å². The Kier molecular flexibility index (Phi) is 2.95. The van der Waals surface area contributed by atoms with Crippen molar-refractivity contribution < 1.29 is 9.47 Å². The van der Waals surface area contributed by atoms with E-state index >= 15 is 0 Å². The maximum absolute atomic E-state index is 5.57. The molecule has 0 radical (unpaired) electrons. The minimum atomic E-state index is 0.576. The van der Waals surface area contributed by atoms with Crippen molar-refractivity contribution in [3.8, 4) is 22.9 Å². The van der Waals surface area contributed by atoms with E-state index in [1.807, 2.05) is 38.4 Å². The molecule has 5 heteroatoms. The van der Waals surface area contributed by atoms with E-state index in [4.69, 9.17) is 9.47 Å². The third kappa shape index (κ3) is 2.19. The predicted molar refractivity (Wildman–Crippen MR) is 72.7 cm³/mol. The van der Waals surface area contributed by atoms with Crippen molar-refractivity contribution >= 4 is 5.82 Å². The summed E-state index contributed by atoms with van der Waals surface area (Å²) < 4.78 is 11.1. The molecule has 1 aromatic heterocycles. The molecule has 0 aliphatic carbocycles. The number of fused-ring (bicyclic) bond motifs is 1. The van der Waals surface area contributed by atoms with Gasteiger partial charge >= 0.3 is 0 Å². The van der Waals surface area contributed by atoms with Crippen LogP contribution in [-0.4, -0.2) is 30.2 Å². The van der Waals surface area contributed by atoms with Gasteiger partial charge in [-0.25, -0.2) is 9.97 Å². The molecule has 0 spiro atoms. The zero-order valence-corrected chi connectivity index (χ0v) is 10.9. The van der Waals surface area contributed by atoms with Crippen LogP contribution in [0.2, 0.25) is 0 Å². The van der Waals surface area contributed by atoms with Crippen molar-refractivity contribution in [3.63, 3.8) is 0 Å². The van der Waals surface area contributed by atoms with Gasteiger partial charge in [-0.1, -0.05) is 0 Å². The smallest absolute Gasteiger partial charge is 0.162 e. The highest BCUT2D eigenvalue weighted by Crippen LogP contribution is 2.33. The molecule has 0 saturated carbocycles. The van der Waals surface area contributed by atoms with Crippen LogP contribution in [0.4, 0.5) is 5.82 Å². The summed E-state index contributed by atoms with van der Waals surface area (Å²) in [6.07, 6.45) is 1.81. The summed E-state index contributed by atoms with van der Waals surface area (Å²) in [5.41, 5.74) is 1.93. The number of anilines is 1. The van der Waals surface area contributed by atoms with E-state index in [-0.39, 0.29) is 0 Å². The summed E-state index contributed by atoms with van der Waals surface area (Å²) in [6.45, 7) is 3.14. The van der Waals surface area contributed by atoms with Gasteiger partial charge in [-0.3, -0.25) is 0 Å². The van der Waals surface area contributed by atoms with E-state index in [1.54, 1.807) is 0 Å². The second-order valence-corrected chi connectivity index (χ2v) is 4.33. The molecule has 3 rings (SSSR count). The van der Waals surface area contributed by atoms with Crippen LogP contribution in [0.15, 0.2) is 24.4 Å². The number of nitrogens with zero attached hydrogens (tertiary/aromatic N) is 2. The maximum atomic E-state index is 5.57. The van der Waals surface area contributed by atoms with E-state index in [2.05, 4.69) is 15.3 Å². The lowest BCUT2D eigenvalue weighted by Gasteiger charge is -2.18. The molecule has 0 atom stereocenters. The molecule has 1 N–H and O–H groups in total. The van der Waals surface area contributed by atoms with Crippen LogP contribution < -0.4 is 14.8 Å². The molecule has 1 aromatic carbocycles. The Morgan fingerprint density at radius 2 is 1.95 bits per heavy atom. The van der Waals surface area contributed by atoms with Crippen LogP contribution in [0.25, 0.3) is 11.4 Å². The molecule has 0 saturated heterocycles. The van der Waals surface area contributed by atoms with Crippen LogP contribution in [0.1, 0.15) is 5.56 Å². The van der Waals surface area contributed by atoms with Crippen LogP contribution >= 0.6 is 0 Å². The Bertz CT molecular complexity index is 614. The lowest BCUT2D eigenvalue weighted by Crippen LogP contribution is -2.15. The normalized spacial score (nSPS) is 13.2. The van der Waals surface area contributed by atoms with Crippen molar-refractivity contribution in [2.24, 2.45) is 0 Å². The third-order valence-electron chi connectivity index (χ3n) is 3.01. The van der Waals surface area contributed by atoms with Gasteiger partial charge in [0.25, 0.3) is 0 Å². The number of rotatable bonds is 2. The quantitative estimate of drug-likeness (QED) is 0.894. The molecule has 5 nitrogen and oxygen atoms in total. The molecule has 0 amide bonds. The molecule has 19 heavy (non-hydrogen) atoms. The Balaban J connectivity index is 2.02. The summed E-state index contributed by atoms with van der Waals surface area (Å²) in [6, 6.07) is 5.75. The highest BCUT2D eigenvalue weighted by atomic mass is 16.6. The topological polar surface area (TPSA) is 56.3 Å². The Labute approximate surface area is 111 Å². The van der Waals surface area contributed by atoms with Crippen LogP contribution in [0, 0.1) is 6.92 Å². The van der Waals surface area contributed by atoms with Crippen molar-refractivity contribution in [2.75, 3.05) is 25.6 Å². The molecular formula is C14H15N3O2. The van der Waals surface area contributed by atoms with Crippen molar-refractivity contribution in [1.82, 2.24) is 9.97 Å². The number of hydrogen-bond donors (Lipinski definition) is 1. The van der Waals surface area contributed by atoms with Crippen molar-refractivity contribution in [2.45, 2.75) is 6.92 Å². The molecule has 2 aromatic rings. The van der Waals surface area contributed by atoms with Gasteiger partial charge in [0.15, 0.2) is 17.3 Å². The summed E-state index contributed by atoms with van der Waals surface area (Å²) in [4.78, 5) is 8.85. The average Bonchev–Trinajstić information content (AvgIpc) is 2.47. The van der Waals surface area contributed by atoms with Gasteiger partial charge in [0.1, 0.15) is 19.0 Å². The van der Waals surface area contributed by atoms with Crippen molar-refractivity contribution in [3.05, 3.63) is 30.0 Å². The first-order chi connectivity index (χ1) is 9.28. The van der Waals surface area contributed by atoms with Gasteiger partial charge in [-0.2, -0.15) is 0 Å². The zero-order valence-electron chi connectivity index (χ0n) is 10.9. The molecule has 98 valence electrons. The number of benzene rings is 1. The number of aromatic nitrogens is 2. The summed E-state index contributed by atoms with van der Waals surface area (Å²) in [7, 11) is 1.85. The van der Waals surface area contributed by atoms with Crippen LogP contribution in [0.3, 0.4) is 0 Å². The minimum Gasteiger partial charge on any atom is -0.486 e. The third-order valence-corrected chi connectivity index (χ3v) is 3.01. The summed E-state index contributed by atoms with van der Waals surface area (Å²) >= 11 is 0. The number of nitrogens with one attached hydrogen (secondary N) is 1. The molecule has 0 unspecified atom stereocenters.